The minimum absolute atomic E-state index is 0.552. The maximum atomic E-state index is 6.00. The number of aromatic nitrogens is 2. The second kappa shape index (κ2) is 5.00. The van der Waals surface area contributed by atoms with Crippen molar-refractivity contribution in [2.45, 2.75) is 32.6 Å². The van der Waals surface area contributed by atoms with Crippen LogP contribution in [0.4, 0.5) is 5.82 Å². The van der Waals surface area contributed by atoms with Crippen LogP contribution >= 0.6 is 11.6 Å². The van der Waals surface area contributed by atoms with E-state index in [0.717, 1.165) is 36.9 Å². The number of hydrogen-bond acceptors (Lipinski definition) is 3. The second-order valence-electron chi connectivity index (χ2n) is 4.54. The molecular weight excluding hydrogens is 222 g/mol. The van der Waals surface area contributed by atoms with Crippen molar-refractivity contribution in [2.24, 2.45) is 5.92 Å². The lowest BCUT2D eigenvalue weighted by atomic mass is 10.3. The third kappa shape index (κ3) is 3.08. The van der Waals surface area contributed by atoms with Gasteiger partial charge in [-0.1, -0.05) is 18.5 Å². The standard InChI is InChI=1S/C12H18ClN3/c1-3-4-11-14-10(13)7-12(15-11)16(2)8-9-5-6-9/h7,9H,3-6,8H2,1-2H3. The molecule has 0 saturated heterocycles. The van der Waals surface area contributed by atoms with Gasteiger partial charge >= 0.3 is 0 Å². The van der Waals surface area contributed by atoms with Crippen LogP contribution in [0.5, 0.6) is 0 Å². The van der Waals surface area contributed by atoms with Crippen molar-refractivity contribution in [3.8, 4) is 0 Å². The summed E-state index contributed by atoms with van der Waals surface area (Å²) in [7, 11) is 2.08. The van der Waals surface area contributed by atoms with E-state index < -0.39 is 0 Å². The van der Waals surface area contributed by atoms with Gasteiger partial charge in [0.05, 0.1) is 0 Å². The average Bonchev–Trinajstić information content (AvgIpc) is 3.01. The highest BCUT2D eigenvalue weighted by atomic mass is 35.5. The van der Waals surface area contributed by atoms with E-state index in [1.807, 2.05) is 6.07 Å². The molecule has 0 atom stereocenters. The van der Waals surface area contributed by atoms with Crippen LogP contribution in [0.15, 0.2) is 6.07 Å². The topological polar surface area (TPSA) is 29.0 Å². The average molecular weight is 240 g/mol. The van der Waals surface area contributed by atoms with Gasteiger partial charge < -0.3 is 4.90 Å². The van der Waals surface area contributed by atoms with E-state index in [1.165, 1.54) is 12.8 Å². The van der Waals surface area contributed by atoms with E-state index in [-0.39, 0.29) is 0 Å². The first kappa shape index (κ1) is 11.6. The number of hydrogen-bond donors (Lipinski definition) is 0. The molecule has 1 aliphatic rings. The summed E-state index contributed by atoms with van der Waals surface area (Å²) >= 11 is 6.00. The zero-order valence-electron chi connectivity index (χ0n) is 9.91. The summed E-state index contributed by atoms with van der Waals surface area (Å²) in [4.78, 5) is 10.9. The molecule has 2 rings (SSSR count). The Morgan fingerprint density at radius 2 is 2.19 bits per heavy atom. The highest BCUT2D eigenvalue weighted by molar-refractivity contribution is 6.29. The van der Waals surface area contributed by atoms with Gasteiger partial charge in [-0.3, -0.25) is 0 Å². The highest BCUT2D eigenvalue weighted by Gasteiger charge is 2.23. The van der Waals surface area contributed by atoms with Crippen molar-refractivity contribution in [3.63, 3.8) is 0 Å². The van der Waals surface area contributed by atoms with Crippen molar-refractivity contribution in [2.75, 3.05) is 18.5 Å². The zero-order chi connectivity index (χ0) is 11.5. The molecular formula is C12H18ClN3. The molecule has 3 nitrogen and oxygen atoms in total. The Labute approximate surface area is 102 Å². The quantitative estimate of drug-likeness (QED) is 0.740. The summed E-state index contributed by atoms with van der Waals surface area (Å²) in [6.45, 7) is 3.21. The van der Waals surface area contributed by atoms with Crippen LogP contribution < -0.4 is 4.90 Å². The molecule has 1 aromatic heterocycles. The summed E-state index contributed by atoms with van der Waals surface area (Å²) in [6.07, 6.45) is 4.65. The minimum Gasteiger partial charge on any atom is -0.359 e. The van der Waals surface area contributed by atoms with E-state index in [1.54, 1.807) is 0 Å². The summed E-state index contributed by atoms with van der Waals surface area (Å²) in [5.41, 5.74) is 0. The Hall–Kier alpha value is -0.830. The number of halogens is 1. The molecule has 16 heavy (non-hydrogen) atoms. The number of nitrogens with zero attached hydrogens (tertiary/aromatic N) is 3. The molecule has 4 heteroatoms. The number of rotatable bonds is 5. The lowest BCUT2D eigenvalue weighted by Gasteiger charge is -2.18. The van der Waals surface area contributed by atoms with Crippen LogP contribution in [0.3, 0.4) is 0 Å². The predicted molar refractivity (Wildman–Crippen MR) is 67.0 cm³/mol. The van der Waals surface area contributed by atoms with Gasteiger partial charge in [0.25, 0.3) is 0 Å². The summed E-state index contributed by atoms with van der Waals surface area (Å²) in [5, 5.41) is 0.552. The largest absolute Gasteiger partial charge is 0.359 e. The van der Waals surface area contributed by atoms with Gasteiger partial charge in [0, 0.05) is 26.1 Å². The van der Waals surface area contributed by atoms with Gasteiger partial charge in [-0.05, 0) is 25.2 Å². The Morgan fingerprint density at radius 3 is 2.81 bits per heavy atom. The second-order valence-corrected chi connectivity index (χ2v) is 4.93. The van der Waals surface area contributed by atoms with Crippen molar-refractivity contribution >= 4 is 17.4 Å². The van der Waals surface area contributed by atoms with E-state index in [9.17, 15) is 0 Å². The summed E-state index contributed by atoms with van der Waals surface area (Å²) in [5.74, 6) is 2.66. The lowest BCUT2D eigenvalue weighted by Crippen LogP contribution is -2.21. The van der Waals surface area contributed by atoms with Gasteiger partial charge in [-0.25, -0.2) is 9.97 Å². The van der Waals surface area contributed by atoms with E-state index >= 15 is 0 Å². The minimum atomic E-state index is 0.552. The van der Waals surface area contributed by atoms with E-state index in [0.29, 0.717) is 5.15 Å². The van der Waals surface area contributed by atoms with Crippen molar-refractivity contribution in [1.29, 1.82) is 0 Å². The molecule has 0 aliphatic heterocycles. The zero-order valence-corrected chi connectivity index (χ0v) is 10.7. The molecule has 0 radical (unpaired) electrons. The van der Waals surface area contributed by atoms with Crippen LogP contribution in [0.1, 0.15) is 32.0 Å². The van der Waals surface area contributed by atoms with Crippen LogP contribution in [0.25, 0.3) is 0 Å². The third-order valence-electron chi connectivity index (χ3n) is 2.82. The first-order valence-electron chi connectivity index (χ1n) is 5.93. The van der Waals surface area contributed by atoms with Crippen LogP contribution in [-0.4, -0.2) is 23.6 Å². The van der Waals surface area contributed by atoms with Crippen LogP contribution in [-0.2, 0) is 6.42 Å². The molecule has 0 aromatic carbocycles. The normalized spacial score (nSPS) is 15.2. The van der Waals surface area contributed by atoms with Crippen molar-refractivity contribution in [1.82, 2.24) is 9.97 Å². The molecule has 1 aromatic rings. The van der Waals surface area contributed by atoms with E-state index in [4.69, 9.17) is 11.6 Å². The number of anilines is 1. The van der Waals surface area contributed by atoms with Crippen molar-refractivity contribution in [3.05, 3.63) is 17.0 Å². The fourth-order valence-corrected chi connectivity index (χ4v) is 1.96. The van der Waals surface area contributed by atoms with Gasteiger partial charge in [0.1, 0.15) is 16.8 Å². The Morgan fingerprint density at radius 1 is 1.44 bits per heavy atom. The Balaban J connectivity index is 2.11. The summed E-state index contributed by atoms with van der Waals surface area (Å²) in [6, 6.07) is 1.85. The first-order chi connectivity index (χ1) is 7.69. The van der Waals surface area contributed by atoms with Gasteiger partial charge in [0.2, 0.25) is 0 Å². The summed E-state index contributed by atoms with van der Waals surface area (Å²) < 4.78 is 0. The SMILES string of the molecule is CCCc1nc(Cl)cc(N(C)CC2CC2)n1. The van der Waals surface area contributed by atoms with Gasteiger partial charge in [-0.2, -0.15) is 0 Å². The fraction of sp³-hybridized carbons (Fsp3) is 0.667. The third-order valence-corrected chi connectivity index (χ3v) is 3.01. The molecule has 1 aliphatic carbocycles. The molecule has 0 N–H and O–H groups in total. The fourth-order valence-electron chi connectivity index (χ4n) is 1.76. The van der Waals surface area contributed by atoms with Gasteiger partial charge in [-0.15, -0.1) is 0 Å². The maximum Gasteiger partial charge on any atom is 0.134 e. The molecule has 1 saturated carbocycles. The molecule has 0 spiro atoms. The highest BCUT2D eigenvalue weighted by Crippen LogP contribution is 2.30. The van der Waals surface area contributed by atoms with Crippen LogP contribution in [0.2, 0.25) is 5.15 Å². The molecule has 1 heterocycles. The molecule has 0 unspecified atom stereocenters. The Kier molecular flexibility index (Phi) is 3.64. The maximum absolute atomic E-state index is 6.00. The molecule has 88 valence electrons. The van der Waals surface area contributed by atoms with Crippen molar-refractivity contribution < 1.29 is 0 Å². The first-order valence-corrected chi connectivity index (χ1v) is 6.31. The van der Waals surface area contributed by atoms with E-state index in [2.05, 4.69) is 28.8 Å². The molecule has 1 fully saturated rings. The molecule has 0 bridgehead atoms. The number of aryl methyl sites for hydroxylation is 1. The van der Waals surface area contributed by atoms with Gasteiger partial charge in [0.15, 0.2) is 0 Å². The Bertz CT molecular complexity index is 363. The van der Waals surface area contributed by atoms with Crippen LogP contribution in [0, 0.1) is 5.92 Å². The smallest absolute Gasteiger partial charge is 0.134 e. The molecule has 0 amide bonds. The lowest BCUT2D eigenvalue weighted by molar-refractivity contribution is 0.761. The predicted octanol–water partition coefficient (Wildman–Crippen LogP) is 2.93. The monoisotopic (exact) mass is 239 g/mol.